The quantitative estimate of drug-likeness (QED) is 0.489. The van der Waals surface area contributed by atoms with Crippen LogP contribution in [0.3, 0.4) is 0 Å². The molecule has 1 unspecified atom stereocenters. The fourth-order valence-electron chi connectivity index (χ4n) is 2.89. The third-order valence-electron chi connectivity index (χ3n) is 4.38. The third-order valence-corrected chi connectivity index (χ3v) is 6.27. The number of carbonyl (C=O) groups is 1. The van der Waals surface area contributed by atoms with Crippen LogP contribution >= 0.6 is 11.6 Å². The maximum atomic E-state index is 12.6. The lowest BCUT2D eigenvalue weighted by Gasteiger charge is -2.22. The number of carboxylic acid groups (broad SMARTS) is 1. The second-order valence-corrected chi connectivity index (χ2v) is 9.42. The van der Waals surface area contributed by atoms with Gasteiger partial charge in [0.15, 0.2) is 0 Å². The molecule has 29 heavy (non-hydrogen) atoms. The molecule has 0 heterocycles. The van der Waals surface area contributed by atoms with Crippen molar-refractivity contribution in [2.24, 2.45) is 5.92 Å². The van der Waals surface area contributed by atoms with Gasteiger partial charge < -0.3 is 10.4 Å². The average Bonchev–Trinajstić information content (AvgIpc) is 2.66. The second-order valence-electron chi connectivity index (χ2n) is 7.28. The van der Waals surface area contributed by atoms with Gasteiger partial charge in [0.05, 0.1) is 22.3 Å². The lowest BCUT2D eigenvalue weighted by Crippen LogP contribution is -2.28. The minimum Gasteiger partial charge on any atom is -0.478 e. The summed E-state index contributed by atoms with van der Waals surface area (Å²) in [5.74, 6) is -1.13. The van der Waals surface area contributed by atoms with E-state index in [1.54, 1.807) is 0 Å². The lowest BCUT2D eigenvalue weighted by atomic mass is 10.0. The molecule has 0 aliphatic carbocycles. The van der Waals surface area contributed by atoms with Crippen molar-refractivity contribution in [3.8, 4) is 0 Å². The molecule has 0 amide bonds. The van der Waals surface area contributed by atoms with E-state index in [1.807, 2.05) is 51.1 Å². The highest BCUT2D eigenvalue weighted by molar-refractivity contribution is 7.89. The molecule has 0 fully saturated rings. The predicted octanol–water partition coefficient (Wildman–Crippen LogP) is 4.93. The Balaban J connectivity index is 2.45. The Morgan fingerprint density at radius 1 is 1.17 bits per heavy atom. The topological polar surface area (TPSA) is 95.5 Å². The second kappa shape index (κ2) is 10.1. The van der Waals surface area contributed by atoms with Crippen LogP contribution in [0.15, 0.2) is 47.4 Å². The predicted molar refractivity (Wildman–Crippen MR) is 116 cm³/mol. The van der Waals surface area contributed by atoms with E-state index in [2.05, 4.69) is 10.0 Å². The number of hydrogen-bond acceptors (Lipinski definition) is 4. The summed E-state index contributed by atoms with van der Waals surface area (Å²) in [4.78, 5) is 11.6. The molecule has 0 saturated heterocycles. The van der Waals surface area contributed by atoms with Crippen LogP contribution in [0.5, 0.6) is 0 Å². The van der Waals surface area contributed by atoms with Gasteiger partial charge in [-0.25, -0.2) is 17.9 Å². The number of hydrogen-bond donors (Lipinski definition) is 3. The van der Waals surface area contributed by atoms with Gasteiger partial charge in [0, 0.05) is 6.54 Å². The molecule has 0 radical (unpaired) electrons. The summed E-state index contributed by atoms with van der Waals surface area (Å²) in [5.41, 5.74) is 1.15. The van der Waals surface area contributed by atoms with Crippen LogP contribution in [0, 0.1) is 5.92 Å². The van der Waals surface area contributed by atoms with Gasteiger partial charge in [0.25, 0.3) is 0 Å². The van der Waals surface area contributed by atoms with Crippen molar-refractivity contribution in [3.63, 3.8) is 0 Å². The van der Waals surface area contributed by atoms with Gasteiger partial charge in [0.2, 0.25) is 10.0 Å². The summed E-state index contributed by atoms with van der Waals surface area (Å²) in [6.45, 7) is 6.01. The minimum absolute atomic E-state index is 0.0305. The van der Waals surface area contributed by atoms with Crippen molar-refractivity contribution in [1.82, 2.24) is 4.72 Å². The zero-order valence-electron chi connectivity index (χ0n) is 16.8. The van der Waals surface area contributed by atoms with E-state index in [-0.39, 0.29) is 39.7 Å². The van der Waals surface area contributed by atoms with E-state index in [0.717, 1.165) is 24.5 Å². The molecule has 158 valence electrons. The number of benzene rings is 2. The molecule has 1 atom stereocenters. The Bertz CT molecular complexity index is 947. The lowest BCUT2D eigenvalue weighted by molar-refractivity contribution is 0.0697. The summed E-state index contributed by atoms with van der Waals surface area (Å²) in [5, 5.41) is 12.9. The maximum absolute atomic E-state index is 12.6. The zero-order chi connectivity index (χ0) is 21.6. The summed E-state index contributed by atoms with van der Waals surface area (Å²) in [7, 11) is -3.92. The monoisotopic (exact) mass is 438 g/mol. The van der Waals surface area contributed by atoms with Gasteiger partial charge in [-0.15, -0.1) is 0 Å². The molecule has 0 aromatic heterocycles. The number of sulfonamides is 1. The summed E-state index contributed by atoms with van der Waals surface area (Å²) >= 11 is 6.26. The number of halogens is 1. The van der Waals surface area contributed by atoms with Crippen molar-refractivity contribution in [1.29, 1.82) is 0 Å². The number of aromatic carboxylic acids is 1. The van der Waals surface area contributed by atoms with Crippen LogP contribution in [0.1, 0.15) is 55.6 Å². The van der Waals surface area contributed by atoms with Crippen molar-refractivity contribution >= 4 is 33.3 Å². The molecule has 0 bridgehead atoms. The molecule has 0 aliphatic heterocycles. The Labute approximate surface area is 177 Å². The molecular weight excluding hydrogens is 412 g/mol. The first-order chi connectivity index (χ1) is 13.7. The number of nitrogens with one attached hydrogen (secondary N) is 2. The van der Waals surface area contributed by atoms with Crippen molar-refractivity contribution in [3.05, 3.63) is 58.6 Å². The van der Waals surface area contributed by atoms with Crippen LogP contribution in [0.2, 0.25) is 5.02 Å². The smallest absolute Gasteiger partial charge is 0.337 e. The first kappa shape index (κ1) is 23.2. The normalized spacial score (nSPS) is 12.7. The van der Waals surface area contributed by atoms with Crippen LogP contribution in [-0.2, 0) is 10.0 Å². The van der Waals surface area contributed by atoms with E-state index < -0.39 is 16.0 Å². The molecular formula is C21H27ClN2O4S. The number of rotatable bonds is 10. The maximum Gasteiger partial charge on any atom is 0.337 e. The van der Waals surface area contributed by atoms with E-state index >= 15 is 0 Å². The molecule has 6 nitrogen and oxygen atoms in total. The Hall–Kier alpha value is -2.09. The molecule has 2 rings (SSSR count). The van der Waals surface area contributed by atoms with E-state index in [1.165, 1.54) is 6.07 Å². The highest BCUT2D eigenvalue weighted by Gasteiger charge is 2.24. The Morgan fingerprint density at radius 2 is 1.83 bits per heavy atom. The fourth-order valence-corrected chi connectivity index (χ4v) is 4.66. The van der Waals surface area contributed by atoms with Crippen LogP contribution in [-0.4, -0.2) is 26.0 Å². The molecule has 0 spiro atoms. The highest BCUT2D eigenvalue weighted by Crippen LogP contribution is 2.32. The third kappa shape index (κ3) is 6.19. The summed E-state index contributed by atoms with van der Waals surface area (Å²) < 4.78 is 27.6. The number of anilines is 1. The van der Waals surface area contributed by atoms with Gasteiger partial charge in [-0.1, -0.05) is 69.1 Å². The van der Waals surface area contributed by atoms with Gasteiger partial charge in [-0.2, -0.15) is 0 Å². The van der Waals surface area contributed by atoms with Gasteiger partial charge >= 0.3 is 5.97 Å². The standard InChI is InChI=1S/C21H27ClN2O4S/c1-4-8-18(15-9-6-5-7-10-15)24-19-12-17(22)20(11-16(19)21(25)26)29(27,28)23-13-14(2)3/h5-7,9-12,14,18,23-24H,4,8,13H2,1-3H3,(H,25,26). The molecule has 2 aromatic rings. The zero-order valence-corrected chi connectivity index (χ0v) is 18.3. The largest absolute Gasteiger partial charge is 0.478 e. The van der Waals surface area contributed by atoms with Crippen LogP contribution < -0.4 is 10.0 Å². The molecule has 0 saturated carbocycles. The molecule has 2 aromatic carbocycles. The summed E-state index contributed by atoms with van der Waals surface area (Å²) in [6.07, 6.45) is 1.66. The molecule has 3 N–H and O–H groups in total. The Morgan fingerprint density at radius 3 is 2.38 bits per heavy atom. The van der Waals surface area contributed by atoms with Crippen molar-refractivity contribution in [2.75, 3.05) is 11.9 Å². The molecule has 0 aliphatic rings. The van der Waals surface area contributed by atoms with Crippen molar-refractivity contribution < 1.29 is 18.3 Å². The van der Waals surface area contributed by atoms with Gasteiger partial charge in [-0.05, 0) is 30.0 Å². The van der Waals surface area contributed by atoms with Gasteiger partial charge in [0.1, 0.15) is 4.90 Å². The van der Waals surface area contributed by atoms with E-state index in [9.17, 15) is 18.3 Å². The van der Waals surface area contributed by atoms with Crippen LogP contribution in [0.25, 0.3) is 0 Å². The SMILES string of the molecule is CCCC(Nc1cc(Cl)c(S(=O)(=O)NCC(C)C)cc1C(=O)O)c1ccccc1. The number of carboxylic acids is 1. The average molecular weight is 439 g/mol. The first-order valence-corrected chi connectivity index (χ1v) is 11.4. The fraction of sp³-hybridized carbons (Fsp3) is 0.381. The van der Waals surface area contributed by atoms with Crippen molar-refractivity contribution in [2.45, 2.75) is 44.6 Å². The van der Waals surface area contributed by atoms with E-state index in [0.29, 0.717) is 0 Å². The first-order valence-electron chi connectivity index (χ1n) is 9.53. The van der Waals surface area contributed by atoms with E-state index in [4.69, 9.17) is 11.6 Å². The van der Waals surface area contributed by atoms with Crippen LogP contribution in [0.4, 0.5) is 5.69 Å². The summed E-state index contributed by atoms with van der Waals surface area (Å²) in [6, 6.07) is 12.0. The van der Waals surface area contributed by atoms with Gasteiger partial charge in [-0.3, -0.25) is 0 Å². The molecule has 8 heteroatoms. The minimum atomic E-state index is -3.92. The highest BCUT2D eigenvalue weighted by atomic mass is 35.5. The Kier molecular flexibility index (Phi) is 8.07.